The molecule has 3 N–H and O–H groups in total. The number of hydrogen-bond acceptors (Lipinski definition) is 3. The van der Waals surface area contributed by atoms with Crippen LogP contribution in [0.15, 0.2) is 11.4 Å². The number of nitrogens with one attached hydrogen (secondary N) is 1. The molecule has 1 aliphatic rings. The van der Waals surface area contributed by atoms with Gasteiger partial charge in [0.25, 0.3) is 0 Å². The summed E-state index contributed by atoms with van der Waals surface area (Å²) in [5, 5.41) is 2.24. The lowest BCUT2D eigenvalue weighted by Crippen LogP contribution is -2.40. The van der Waals surface area contributed by atoms with Gasteiger partial charge in [-0.15, -0.1) is 11.3 Å². The van der Waals surface area contributed by atoms with Crippen LogP contribution in [0.4, 0.5) is 0 Å². The highest BCUT2D eigenvalue weighted by atomic mass is 32.1. The average molecular weight is 280 g/mol. The molecule has 0 aromatic carbocycles. The van der Waals surface area contributed by atoms with Crippen LogP contribution in [0.5, 0.6) is 0 Å². The van der Waals surface area contributed by atoms with Gasteiger partial charge in [-0.2, -0.15) is 0 Å². The Morgan fingerprint density at radius 1 is 1.47 bits per heavy atom. The topological polar surface area (TPSA) is 38.0 Å². The number of hydrogen-bond donors (Lipinski definition) is 2. The molecule has 1 aliphatic carbocycles. The molecular formula is C16H28N2S. The van der Waals surface area contributed by atoms with Crippen LogP contribution < -0.4 is 11.3 Å². The van der Waals surface area contributed by atoms with Crippen LogP contribution >= 0.6 is 11.3 Å². The predicted octanol–water partition coefficient (Wildman–Crippen LogP) is 4.22. The number of fused-ring (bicyclic) bond motifs is 1. The van der Waals surface area contributed by atoms with Crippen molar-refractivity contribution in [2.45, 2.75) is 71.3 Å². The molecule has 0 saturated heterocycles. The van der Waals surface area contributed by atoms with Gasteiger partial charge in [0.05, 0.1) is 0 Å². The number of thiophene rings is 1. The second-order valence-corrected chi connectivity index (χ2v) is 8.02. The largest absolute Gasteiger partial charge is 0.271 e. The van der Waals surface area contributed by atoms with Crippen LogP contribution in [0.1, 0.15) is 69.2 Å². The lowest BCUT2D eigenvalue weighted by atomic mass is 9.80. The van der Waals surface area contributed by atoms with Crippen molar-refractivity contribution in [3.63, 3.8) is 0 Å². The summed E-state index contributed by atoms with van der Waals surface area (Å²) in [5.74, 6) is 6.46. The summed E-state index contributed by atoms with van der Waals surface area (Å²) in [4.78, 5) is 1.59. The molecule has 0 bridgehead atoms. The van der Waals surface area contributed by atoms with Crippen molar-refractivity contribution in [2.24, 2.45) is 11.3 Å². The lowest BCUT2D eigenvalue weighted by molar-refractivity contribution is 0.319. The van der Waals surface area contributed by atoms with Gasteiger partial charge in [0.2, 0.25) is 0 Å². The van der Waals surface area contributed by atoms with Gasteiger partial charge < -0.3 is 0 Å². The van der Waals surface area contributed by atoms with Gasteiger partial charge in [-0.25, -0.2) is 0 Å². The average Bonchev–Trinajstić information content (AvgIpc) is 2.81. The summed E-state index contributed by atoms with van der Waals surface area (Å²) in [7, 11) is 0. The van der Waals surface area contributed by atoms with E-state index in [1.165, 1.54) is 38.5 Å². The third-order valence-electron chi connectivity index (χ3n) is 4.24. The van der Waals surface area contributed by atoms with E-state index < -0.39 is 0 Å². The monoisotopic (exact) mass is 280 g/mol. The maximum atomic E-state index is 5.83. The molecule has 0 spiro atoms. The smallest absolute Gasteiger partial charge is 0.0279 e. The molecule has 108 valence electrons. The van der Waals surface area contributed by atoms with E-state index >= 15 is 0 Å². The van der Waals surface area contributed by atoms with Crippen molar-refractivity contribution in [3.8, 4) is 0 Å². The van der Waals surface area contributed by atoms with Gasteiger partial charge in [-0.1, -0.05) is 27.2 Å². The Morgan fingerprint density at radius 3 is 2.95 bits per heavy atom. The molecule has 1 aromatic heterocycles. The van der Waals surface area contributed by atoms with E-state index in [0.717, 1.165) is 0 Å². The van der Waals surface area contributed by atoms with E-state index in [0.29, 0.717) is 17.4 Å². The summed E-state index contributed by atoms with van der Waals surface area (Å²) in [6.45, 7) is 6.94. The van der Waals surface area contributed by atoms with Crippen LogP contribution in [-0.4, -0.2) is 6.04 Å². The SMILES string of the molecule is CC(C)(C)CCCC(NN)C1CCCc2sccc21. The van der Waals surface area contributed by atoms with Gasteiger partial charge >= 0.3 is 0 Å². The minimum atomic E-state index is 0.430. The molecule has 19 heavy (non-hydrogen) atoms. The van der Waals surface area contributed by atoms with Crippen LogP contribution in [0, 0.1) is 5.41 Å². The minimum absolute atomic E-state index is 0.430. The Morgan fingerprint density at radius 2 is 2.26 bits per heavy atom. The van der Waals surface area contributed by atoms with Crippen molar-refractivity contribution >= 4 is 11.3 Å². The van der Waals surface area contributed by atoms with Crippen LogP contribution in [0.2, 0.25) is 0 Å². The van der Waals surface area contributed by atoms with Crippen molar-refractivity contribution in [3.05, 3.63) is 21.9 Å². The molecule has 0 amide bonds. The van der Waals surface area contributed by atoms with Crippen molar-refractivity contribution in [1.82, 2.24) is 5.43 Å². The Balaban J connectivity index is 1.96. The summed E-state index contributed by atoms with van der Waals surface area (Å²) in [6.07, 6.45) is 7.59. The van der Waals surface area contributed by atoms with Crippen molar-refractivity contribution in [2.75, 3.05) is 0 Å². The molecule has 0 fully saturated rings. The Labute approximate surface area is 121 Å². The fraction of sp³-hybridized carbons (Fsp3) is 0.750. The first-order chi connectivity index (χ1) is 9.01. The van der Waals surface area contributed by atoms with E-state index in [2.05, 4.69) is 37.6 Å². The molecular weight excluding hydrogens is 252 g/mol. The van der Waals surface area contributed by atoms with E-state index in [4.69, 9.17) is 5.84 Å². The standard InChI is InChI=1S/C16H28N2S/c1-16(2,3)10-5-7-14(18-17)12-6-4-8-15-13(12)9-11-19-15/h9,11-12,14,18H,4-8,10,17H2,1-3H3. The molecule has 1 aromatic rings. The second-order valence-electron chi connectivity index (χ2n) is 7.02. The number of aryl methyl sites for hydroxylation is 1. The van der Waals surface area contributed by atoms with Crippen molar-refractivity contribution in [1.29, 1.82) is 0 Å². The van der Waals surface area contributed by atoms with Gasteiger partial charge in [0.15, 0.2) is 0 Å². The molecule has 2 atom stereocenters. The fourth-order valence-electron chi connectivity index (χ4n) is 3.19. The Bertz CT molecular complexity index is 392. The number of nitrogens with two attached hydrogens (primary N) is 1. The highest BCUT2D eigenvalue weighted by Crippen LogP contribution is 2.38. The molecule has 2 unspecified atom stereocenters. The zero-order chi connectivity index (χ0) is 13.9. The molecule has 0 aliphatic heterocycles. The van der Waals surface area contributed by atoms with Gasteiger partial charge in [0.1, 0.15) is 0 Å². The zero-order valence-electron chi connectivity index (χ0n) is 12.5. The fourth-order valence-corrected chi connectivity index (χ4v) is 4.19. The van der Waals surface area contributed by atoms with E-state index in [9.17, 15) is 0 Å². The van der Waals surface area contributed by atoms with Crippen LogP contribution in [0.3, 0.4) is 0 Å². The molecule has 3 heteroatoms. The quantitative estimate of drug-likeness (QED) is 0.626. The van der Waals surface area contributed by atoms with E-state index in [1.807, 2.05) is 11.3 Å². The number of rotatable bonds is 5. The molecule has 0 radical (unpaired) electrons. The number of hydrazine groups is 1. The third kappa shape index (κ3) is 4.04. The molecule has 0 saturated carbocycles. The highest BCUT2D eigenvalue weighted by Gasteiger charge is 2.28. The molecule has 1 heterocycles. The summed E-state index contributed by atoms with van der Waals surface area (Å²) >= 11 is 1.92. The summed E-state index contributed by atoms with van der Waals surface area (Å²) in [5.41, 5.74) is 5.09. The summed E-state index contributed by atoms with van der Waals surface area (Å²) in [6, 6.07) is 2.76. The maximum Gasteiger partial charge on any atom is 0.0279 e. The maximum absolute atomic E-state index is 5.83. The first-order valence-corrected chi connectivity index (χ1v) is 8.41. The van der Waals surface area contributed by atoms with Gasteiger partial charge in [-0.3, -0.25) is 11.3 Å². The predicted molar refractivity (Wildman–Crippen MR) is 84.4 cm³/mol. The third-order valence-corrected chi connectivity index (χ3v) is 5.24. The van der Waals surface area contributed by atoms with Gasteiger partial charge in [-0.05, 0) is 54.5 Å². The Hall–Kier alpha value is -0.380. The highest BCUT2D eigenvalue weighted by molar-refractivity contribution is 7.10. The Kier molecular flexibility index (Phi) is 5.04. The van der Waals surface area contributed by atoms with Crippen LogP contribution in [-0.2, 0) is 6.42 Å². The molecule has 2 nitrogen and oxygen atoms in total. The van der Waals surface area contributed by atoms with E-state index in [1.54, 1.807) is 10.4 Å². The van der Waals surface area contributed by atoms with Gasteiger partial charge in [0, 0.05) is 16.8 Å². The zero-order valence-corrected chi connectivity index (χ0v) is 13.4. The van der Waals surface area contributed by atoms with Crippen LogP contribution in [0.25, 0.3) is 0 Å². The lowest BCUT2D eigenvalue weighted by Gasteiger charge is -2.31. The first kappa shape index (κ1) is 15.0. The van der Waals surface area contributed by atoms with Crippen molar-refractivity contribution < 1.29 is 0 Å². The normalized spacial score (nSPS) is 21.2. The second kappa shape index (κ2) is 6.38. The minimum Gasteiger partial charge on any atom is -0.271 e. The van der Waals surface area contributed by atoms with E-state index in [-0.39, 0.29) is 0 Å². The molecule has 2 rings (SSSR count). The summed E-state index contributed by atoms with van der Waals surface area (Å²) < 4.78 is 0. The first-order valence-electron chi connectivity index (χ1n) is 7.53.